The molecule has 0 aliphatic carbocycles. The highest BCUT2D eigenvalue weighted by Crippen LogP contribution is 2.03. The monoisotopic (exact) mass is 199 g/mol. The number of nitrogens with zero attached hydrogens (tertiary/aromatic N) is 1. The number of methoxy groups -OCH3 is 1. The molecule has 0 spiro atoms. The highest BCUT2D eigenvalue weighted by atomic mass is 16.5. The molecular formula is C10H17NO3. The van der Waals surface area contributed by atoms with Crippen molar-refractivity contribution >= 4 is 11.8 Å². The van der Waals surface area contributed by atoms with E-state index in [-0.39, 0.29) is 11.4 Å². The molecule has 0 N–H and O–H groups in total. The van der Waals surface area contributed by atoms with Crippen molar-refractivity contribution in [3.05, 3.63) is 11.6 Å². The van der Waals surface area contributed by atoms with Gasteiger partial charge in [-0.3, -0.25) is 4.79 Å². The second kappa shape index (κ2) is 6.32. The predicted molar refractivity (Wildman–Crippen MR) is 54.0 cm³/mol. The largest absolute Gasteiger partial charge is 0.465 e. The van der Waals surface area contributed by atoms with Gasteiger partial charge in [-0.05, 0) is 21.0 Å². The Morgan fingerprint density at radius 1 is 1.36 bits per heavy atom. The maximum Gasteiger partial charge on any atom is 0.341 e. The third-order valence-electron chi connectivity index (χ3n) is 1.78. The molecule has 0 aromatic heterocycles. The van der Waals surface area contributed by atoms with Crippen LogP contribution in [0.5, 0.6) is 0 Å². The van der Waals surface area contributed by atoms with Gasteiger partial charge in [0.05, 0.1) is 12.7 Å². The molecule has 0 rings (SSSR count). The number of hydrogen-bond donors (Lipinski definition) is 0. The fourth-order valence-electron chi connectivity index (χ4n) is 0.962. The van der Waals surface area contributed by atoms with Crippen LogP contribution in [0, 0.1) is 0 Å². The smallest absolute Gasteiger partial charge is 0.341 e. The van der Waals surface area contributed by atoms with Crippen LogP contribution in [0.15, 0.2) is 11.6 Å². The summed E-state index contributed by atoms with van der Waals surface area (Å²) in [6.45, 7) is 2.28. The van der Waals surface area contributed by atoms with Crippen LogP contribution in [-0.4, -0.2) is 44.4 Å². The van der Waals surface area contributed by atoms with Gasteiger partial charge in [0.15, 0.2) is 5.78 Å². The normalized spacial score (nSPS) is 11.6. The molecular weight excluding hydrogens is 182 g/mol. The third-order valence-corrected chi connectivity index (χ3v) is 1.78. The van der Waals surface area contributed by atoms with Crippen molar-refractivity contribution < 1.29 is 14.3 Å². The van der Waals surface area contributed by atoms with Crippen LogP contribution in [-0.2, 0) is 14.3 Å². The second-order valence-electron chi connectivity index (χ2n) is 3.17. The van der Waals surface area contributed by atoms with Crippen LogP contribution in [0.2, 0.25) is 0 Å². The van der Waals surface area contributed by atoms with E-state index in [4.69, 9.17) is 0 Å². The van der Waals surface area contributed by atoms with Gasteiger partial charge in [-0.25, -0.2) is 4.79 Å². The Bertz CT molecular complexity index is 244. The van der Waals surface area contributed by atoms with E-state index < -0.39 is 5.97 Å². The molecule has 0 bridgehead atoms. The molecule has 0 aromatic carbocycles. The van der Waals surface area contributed by atoms with Crippen molar-refractivity contribution in [3.8, 4) is 0 Å². The molecule has 0 amide bonds. The maximum atomic E-state index is 11.5. The second-order valence-corrected chi connectivity index (χ2v) is 3.17. The molecule has 80 valence electrons. The van der Waals surface area contributed by atoms with Crippen LogP contribution in [0.1, 0.15) is 13.3 Å². The number of carbonyl (C=O) groups is 2. The highest BCUT2D eigenvalue weighted by molar-refractivity contribution is 6.17. The number of carbonyl (C=O) groups excluding carboxylic acids is 2. The van der Waals surface area contributed by atoms with E-state index in [0.717, 1.165) is 0 Å². The molecule has 0 atom stereocenters. The Kier molecular flexibility index (Phi) is 5.79. The number of ether oxygens (including phenoxy) is 1. The summed E-state index contributed by atoms with van der Waals surface area (Å²) in [5.74, 6) is -0.732. The van der Waals surface area contributed by atoms with Gasteiger partial charge in [-0.2, -0.15) is 0 Å². The quantitative estimate of drug-likeness (QED) is 0.282. The first kappa shape index (κ1) is 12.8. The van der Waals surface area contributed by atoms with Crippen molar-refractivity contribution in [2.75, 3.05) is 27.7 Å². The van der Waals surface area contributed by atoms with Crippen LogP contribution >= 0.6 is 0 Å². The first-order chi connectivity index (χ1) is 6.52. The van der Waals surface area contributed by atoms with Gasteiger partial charge in [0, 0.05) is 13.0 Å². The van der Waals surface area contributed by atoms with Gasteiger partial charge in [-0.15, -0.1) is 0 Å². The fourth-order valence-corrected chi connectivity index (χ4v) is 0.962. The zero-order valence-electron chi connectivity index (χ0n) is 9.16. The van der Waals surface area contributed by atoms with E-state index in [0.29, 0.717) is 13.0 Å². The van der Waals surface area contributed by atoms with Crippen molar-refractivity contribution in [3.63, 3.8) is 0 Å². The summed E-state index contributed by atoms with van der Waals surface area (Å²) in [5, 5.41) is 0. The SMILES string of the molecule is C/C=C(/C(=O)CCN(C)C)C(=O)OC. The average Bonchev–Trinajstić information content (AvgIpc) is 2.15. The molecule has 4 heteroatoms. The van der Waals surface area contributed by atoms with Gasteiger partial charge >= 0.3 is 5.97 Å². The Labute approximate surface area is 84.5 Å². The molecule has 14 heavy (non-hydrogen) atoms. The lowest BCUT2D eigenvalue weighted by atomic mass is 10.1. The first-order valence-electron chi connectivity index (χ1n) is 4.45. The molecule has 0 radical (unpaired) electrons. The standard InChI is InChI=1S/C10H17NO3/c1-5-8(10(13)14-4)9(12)6-7-11(2)3/h5H,6-7H2,1-4H3/b8-5-. The summed E-state index contributed by atoms with van der Waals surface area (Å²) in [5.41, 5.74) is 0.134. The van der Waals surface area contributed by atoms with Gasteiger partial charge in [0.1, 0.15) is 0 Å². The highest BCUT2D eigenvalue weighted by Gasteiger charge is 2.17. The Morgan fingerprint density at radius 3 is 2.29 bits per heavy atom. The van der Waals surface area contributed by atoms with E-state index in [1.54, 1.807) is 6.92 Å². The molecule has 0 aliphatic rings. The number of allylic oxidation sites excluding steroid dienone is 1. The predicted octanol–water partition coefficient (Wildman–Crippen LogP) is 0.626. The van der Waals surface area contributed by atoms with Crippen LogP contribution in [0.3, 0.4) is 0 Å². The summed E-state index contributed by atoms with van der Waals surface area (Å²) in [7, 11) is 5.02. The lowest BCUT2D eigenvalue weighted by Gasteiger charge is -2.09. The Balaban J connectivity index is 4.28. The Hall–Kier alpha value is -1.16. The molecule has 0 unspecified atom stereocenters. The number of ketones is 1. The van der Waals surface area contributed by atoms with Crippen LogP contribution in [0.4, 0.5) is 0 Å². The number of esters is 1. The molecule has 0 aliphatic heterocycles. The van der Waals surface area contributed by atoms with Gasteiger partial charge in [-0.1, -0.05) is 6.08 Å². The lowest BCUT2D eigenvalue weighted by Crippen LogP contribution is -2.20. The zero-order chi connectivity index (χ0) is 11.1. The van der Waals surface area contributed by atoms with E-state index in [2.05, 4.69) is 4.74 Å². The molecule has 4 nitrogen and oxygen atoms in total. The minimum Gasteiger partial charge on any atom is -0.465 e. The fraction of sp³-hybridized carbons (Fsp3) is 0.600. The maximum absolute atomic E-state index is 11.5. The minimum atomic E-state index is -0.559. The summed E-state index contributed by atoms with van der Waals surface area (Å²) in [6.07, 6.45) is 1.82. The number of Topliss-reactive ketones (excluding diaryl/α,β-unsaturated/α-hetero) is 1. The zero-order valence-corrected chi connectivity index (χ0v) is 9.16. The van der Waals surface area contributed by atoms with E-state index in [9.17, 15) is 9.59 Å². The van der Waals surface area contributed by atoms with Crippen molar-refractivity contribution in [2.45, 2.75) is 13.3 Å². The average molecular weight is 199 g/mol. The van der Waals surface area contributed by atoms with Gasteiger partial charge in [0.2, 0.25) is 0 Å². The number of rotatable bonds is 5. The summed E-state index contributed by atoms with van der Waals surface area (Å²) >= 11 is 0. The van der Waals surface area contributed by atoms with Crippen LogP contribution < -0.4 is 0 Å². The van der Waals surface area contributed by atoms with Crippen LogP contribution in [0.25, 0.3) is 0 Å². The molecule has 0 heterocycles. The summed E-state index contributed by atoms with van der Waals surface area (Å²) < 4.78 is 4.49. The summed E-state index contributed by atoms with van der Waals surface area (Å²) in [6, 6.07) is 0. The molecule has 0 fully saturated rings. The van der Waals surface area contributed by atoms with E-state index in [1.807, 2.05) is 19.0 Å². The third kappa shape index (κ3) is 4.18. The number of hydrogen-bond acceptors (Lipinski definition) is 4. The van der Waals surface area contributed by atoms with E-state index in [1.165, 1.54) is 13.2 Å². The molecule has 0 saturated heterocycles. The lowest BCUT2D eigenvalue weighted by molar-refractivity contribution is -0.137. The van der Waals surface area contributed by atoms with Gasteiger partial charge in [0.25, 0.3) is 0 Å². The van der Waals surface area contributed by atoms with E-state index >= 15 is 0 Å². The topological polar surface area (TPSA) is 46.6 Å². The molecule has 0 aromatic rings. The summed E-state index contributed by atoms with van der Waals surface area (Å²) in [4.78, 5) is 24.5. The minimum absolute atomic E-state index is 0.134. The first-order valence-corrected chi connectivity index (χ1v) is 4.45. The van der Waals surface area contributed by atoms with Crippen molar-refractivity contribution in [1.82, 2.24) is 4.90 Å². The Morgan fingerprint density at radius 2 is 1.93 bits per heavy atom. The van der Waals surface area contributed by atoms with Gasteiger partial charge < -0.3 is 9.64 Å². The van der Waals surface area contributed by atoms with Crippen molar-refractivity contribution in [1.29, 1.82) is 0 Å². The molecule has 0 saturated carbocycles. The van der Waals surface area contributed by atoms with Crippen molar-refractivity contribution in [2.24, 2.45) is 0 Å².